The molecule has 0 amide bonds. The maximum absolute atomic E-state index is 11.0. The Kier molecular flexibility index (Phi) is 2.74. The van der Waals surface area contributed by atoms with Crippen LogP contribution in [0, 0.1) is 10.1 Å². The molecule has 5 rings (SSSR count). The molecule has 4 fully saturated rings. The van der Waals surface area contributed by atoms with Gasteiger partial charge in [0.05, 0.1) is 16.1 Å². The van der Waals surface area contributed by atoms with Crippen molar-refractivity contribution in [2.45, 2.75) is 68.9 Å². The fourth-order valence-electron chi connectivity index (χ4n) is 4.47. The molecule has 1 aromatic carbocycles. The zero-order valence-corrected chi connectivity index (χ0v) is 14.1. The number of nitro groups is 1. The van der Waals surface area contributed by atoms with Crippen LogP contribution < -0.4 is 0 Å². The van der Waals surface area contributed by atoms with Gasteiger partial charge in [-0.2, -0.15) is 0 Å². The molecule has 0 N–H and O–H groups in total. The van der Waals surface area contributed by atoms with Crippen molar-refractivity contribution in [1.82, 2.24) is 0 Å². The lowest BCUT2D eigenvalue weighted by atomic mass is 9.23. The Bertz CT molecular complexity index is 664. The summed E-state index contributed by atoms with van der Waals surface area (Å²) in [7, 11) is -0.159. The summed E-state index contributed by atoms with van der Waals surface area (Å²) in [5, 5.41) is 11.1. The van der Waals surface area contributed by atoms with Crippen LogP contribution in [0.3, 0.4) is 0 Å². The Balaban J connectivity index is 1.51. The van der Waals surface area contributed by atoms with Crippen molar-refractivity contribution in [2.24, 2.45) is 0 Å². The van der Waals surface area contributed by atoms with Gasteiger partial charge in [0.1, 0.15) is 0 Å². The molecular weight excluding hydrogens is 293 g/mol. The summed E-state index contributed by atoms with van der Waals surface area (Å²) in [5.74, 6) is 0. The van der Waals surface area contributed by atoms with E-state index in [4.69, 9.17) is 9.31 Å². The molecule has 1 aromatic rings. The van der Waals surface area contributed by atoms with Gasteiger partial charge in [0.2, 0.25) is 0 Å². The summed E-state index contributed by atoms with van der Waals surface area (Å²) < 4.78 is 12.4. The Labute approximate surface area is 136 Å². The van der Waals surface area contributed by atoms with E-state index in [2.05, 4.69) is 27.7 Å². The van der Waals surface area contributed by atoms with Gasteiger partial charge < -0.3 is 9.31 Å². The van der Waals surface area contributed by atoms with Crippen molar-refractivity contribution in [2.75, 3.05) is 0 Å². The van der Waals surface area contributed by atoms with Gasteiger partial charge in [0.15, 0.2) is 0 Å². The molecule has 3 saturated carbocycles. The fraction of sp³-hybridized carbons (Fsp3) is 0.647. The molecule has 3 aliphatic carbocycles. The normalized spacial score (nSPS) is 36.3. The molecule has 1 saturated heterocycles. The largest absolute Gasteiger partial charge is 0.464 e. The average Bonchev–Trinajstić information content (AvgIpc) is 2.55. The summed E-state index contributed by atoms with van der Waals surface area (Å²) in [6.07, 6.45) is 2.99. The van der Waals surface area contributed by atoms with Gasteiger partial charge in [-0.1, -0.05) is 12.1 Å². The van der Waals surface area contributed by atoms with Crippen molar-refractivity contribution in [3.63, 3.8) is 0 Å². The molecule has 0 unspecified atom stereocenters. The standard InChI is InChI=1S/C17H22BNO4/c1-14(2)15(3,4)23-18(22-14)17-9-16(10-17,11-17)12-6-5-7-13(8-12)19(20)21/h5-8H,9-11H2,1-4H3. The Hall–Kier alpha value is -1.40. The van der Waals surface area contributed by atoms with E-state index in [0.717, 1.165) is 24.8 Å². The fourth-order valence-corrected chi connectivity index (χ4v) is 4.47. The van der Waals surface area contributed by atoms with Crippen LogP contribution in [0.15, 0.2) is 24.3 Å². The van der Waals surface area contributed by atoms with Crippen LogP contribution in [0.1, 0.15) is 52.5 Å². The zero-order chi connectivity index (χ0) is 16.7. The second kappa shape index (κ2) is 4.17. The molecule has 122 valence electrons. The molecule has 2 bridgehead atoms. The lowest BCUT2D eigenvalue weighted by molar-refractivity contribution is -0.385. The van der Waals surface area contributed by atoms with Crippen LogP contribution in [0.25, 0.3) is 0 Å². The molecule has 0 spiro atoms. The van der Waals surface area contributed by atoms with Gasteiger partial charge in [0, 0.05) is 17.4 Å². The maximum atomic E-state index is 11.0. The molecule has 1 heterocycles. The topological polar surface area (TPSA) is 61.6 Å². The molecule has 1 aliphatic heterocycles. The summed E-state index contributed by atoms with van der Waals surface area (Å²) in [4.78, 5) is 10.7. The van der Waals surface area contributed by atoms with Crippen LogP contribution >= 0.6 is 0 Å². The third kappa shape index (κ3) is 1.88. The first-order valence-corrected chi connectivity index (χ1v) is 8.20. The van der Waals surface area contributed by atoms with Crippen molar-refractivity contribution in [1.29, 1.82) is 0 Å². The average molecular weight is 315 g/mol. The van der Waals surface area contributed by atoms with E-state index in [1.807, 2.05) is 6.07 Å². The summed E-state index contributed by atoms with van der Waals surface area (Å²) in [6.45, 7) is 8.31. The van der Waals surface area contributed by atoms with Crippen molar-refractivity contribution in [3.05, 3.63) is 39.9 Å². The first kappa shape index (κ1) is 15.2. The quantitative estimate of drug-likeness (QED) is 0.483. The number of rotatable bonds is 3. The number of non-ortho nitro benzene ring substituents is 1. The molecule has 0 atom stereocenters. The number of nitro benzene ring substituents is 1. The monoisotopic (exact) mass is 315 g/mol. The van der Waals surface area contributed by atoms with E-state index in [9.17, 15) is 10.1 Å². The zero-order valence-electron chi connectivity index (χ0n) is 14.1. The Morgan fingerprint density at radius 1 is 1.09 bits per heavy atom. The van der Waals surface area contributed by atoms with Crippen LogP contribution in [-0.2, 0) is 14.7 Å². The summed E-state index contributed by atoms with van der Waals surface area (Å²) in [6, 6.07) is 7.09. The third-order valence-corrected chi connectivity index (χ3v) is 6.49. The van der Waals surface area contributed by atoms with Crippen LogP contribution in [0.2, 0.25) is 5.31 Å². The molecule has 4 aliphatic rings. The smallest absolute Gasteiger partial charge is 0.403 e. The van der Waals surface area contributed by atoms with Gasteiger partial charge in [-0.25, -0.2) is 0 Å². The second-order valence-electron chi connectivity index (χ2n) is 8.57. The number of hydrogen-bond donors (Lipinski definition) is 0. The lowest BCUT2D eigenvalue weighted by Gasteiger charge is -2.71. The van der Waals surface area contributed by atoms with Gasteiger partial charge in [-0.15, -0.1) is 0 Å². The van der Waals surface area contributed by atoms with E-state index >= 15 is 0 Å². The predicted octanol–water partition coefficient (Wildman–Crippen LogP) is 3.86. The van der Waals surface area contributed by atoms with Crippen molar-refractivity contribution in [3.8, 4) is 0 Å². The minimum absolute atomic E-state index is 0.0929. The minimum atomic E-state index is -0.320. The van der Waals surface area contributed by atoms with E-state index in [1.165, 1.54) is 0 Å². The van der Waals surface area contributed by atoms with E-state index in [0.29, 0.717) is 0 Å². The first-order chi connectivity index (χ1) is 10.6. The minimum Gasteiger partial charge on any atom is -0.403 e. The van der Waals surface area contributed by atoms with Crippen LogP contribution in [-0.4, -0.2) is 23.2 Å². The highest BCUT2D eigenvalue weighted by Gasteiger charge is 2.76. The highest BCUT2D eigenvalue weighted by atomic mass is 16.7. The summed E-state index contributed by atoms with van der Waals surface area (Å²) >= 11 is 0. The molecule has 0 radical (unpaired) electrons. The molecule has 5 nitrogen and oxygen atoms in total. The van der Waals surface area contributed by atoms with Crippen molar-refractivity contribution >= 4 is 12.8 Å². The Morgan fingerprint density at radius 2 is 1.65 bits per heavy atom. The second-order valence-corrected chi connectivity index (χ2v) is 8.57. The molecule has 23 heavy (non-hydrogen) atoms. The highest BCUT2D eigenvalue weighted by molar-refractivity contribution is 6.51. The predicted molar refractivity (Wildman–Crippen MR) is 87.4 cm³/mol. The van der Waals surface area contributed by atoms with Gasteiger partial charge in [-0.05, 0) is 57.9 Å². The SMILES string of the molecule is CC1(C)OB(C23CC(c4cccc([N+](=O)[O-])c4)(C2)C3)OC1(C)C. The van der Waals surface area contributed by atoms with Crippen LogP contribution in [0.5, 0.6) is 0 Å². The summed E-state index contributed by atoms with van der Waals surface area (Å²) in [5.41, 5.74) is 0.759. The van der Waals surface area contributed by atoms with E-state index in [-0.39, 0.29) is 39.7 Å². The number of nitrogens with zero attached hydrogens (tertiary/aromatic N) is 1. The van der Waals surface area contributed by atoms with E-state index in [1.54, 1.807) is 18.2 Å². The van der Waals surface area contributed by atoms with Gasteiger partial charge >= 0.3 is 7.12 Å². The van der Waals surface area contributed by atoms with Crippen LogP contribution in [0.4, 0.5) is 5.69 Å². The van der Waals surface area contributed by atoms with Crippen molar-refractivity contribution < 1.29 is 14.2 Å². The third-order valence-electron chi connectivity index (χ3n) is 6.49. The maximum Gasteiger partial charge on any atom is 0.464 e. The molecule has 0 aromatic heterocycles. The van der Waals surface area contributed by atoms with E-state index < -0.39 is 0 Å². The Morgan fingerprint density at radius 3 is 2.17 bits per heavy atom. The highest BCUT2D eigenvalue weighted by Crippen LogP contribution is 2.80. The number of hydrogen-bond acceptors (Lipinski definition) is 4. The van der Waals surface area contributed by atoms with Gasteiger partial charge in [0.25, 0.3) is 5.69 Å². The lowest BCUT2D eigenvalue weighted by Crippen LogP contribution is -2.66. The van der Waals surface area contributed by atoms with Gasteiger partial charge in [-0.3, -0.25) is 10.1 Å². The molecular formula is C17H22BNO4. The number of benzene rings is 1. The molecule has 6 heteroatoms. The first-order valence-electron chi connectivity index (χ1n) is 8.20.